The lowest BCUT2D eigenvalue weighted by atomic mass is 9.94. The van der Waals surface area contributed by atoms with Gasteiger partial charge in [-0.25, -0.2) is 13.1 Å². The third-order valence-electron chi connectivity index (χ3n) is 3.89. The summed E-state index contributed by atoms with van der Waals surface area (Å²) in [5.74, 6) is 0.365. The molecule has 2 unspecified atom stereocenters. The van der Waals surface area contributed by atoms with Gasteiger partial charge in [0.1, 0.15) is 0 Å². The first kappa shape index (κ1) is 15.5. The molecule has 1 aliphatic heterocycles. The topological polar surface area (TPSA) is 58.2 Å². The van der Waals surface area contributed by atoms with Crippen LogP contribution < -0.4 is 10.0 Å². The summed E-state index contributed by atoms with van der Waals surface area (Å²) in [7, 11) is -3.43. The Balaban J connectivity index is 2.13. The predicted molar refractivity (Wildman–Crippen MR) is 81.3 cm³/mol. The molecular weight excluding hydrogens is 272 g/mol. The van der Waals surface area contributed by atoms with E-state index in [0.29, 0.717) is 10.8 Å². The minimum atomic E-state index is -3.43. The van der Waals surface area contributed by atoms with Crippen LogP contribution in [0.4, 0.5) is 0 Å². The van der Waals surface area contributed by atoms with Gasteiger partial charge in [-0.15, -0.1) is 0 Å². The molecule has 5 heteroatoms. The van der Waals surface area contributed by atoms with Gasteiger partial charge < -0.3 is 5.32 Å². The Morgan fingerprint density at radius 1 is 1.25 bits per heavy atom. The minimum Gasteiger partial charge on any atom is -0.316 e. The second kappa shape index (κ2) is 6.24. The first-order valence-corrected chi connectivity index (χ1v) is 8.68. The molecule has 0 bridgehead atoms. The lowest BCUT2D eigenvalue weighted by Crippen LogP contribution is -2.44. The third-order valence-corrected chi connectivity index (χ3v) is 5.43. The van der Waals surface area contributed by atoms with Gasteiger partial charge in [0.15, 0.2) is 0 Å². The van der Waals surface area contributed by atoms with E-state index in [-0.39, 0.29) is 6.04 Å². The smallest absolute Gasteiger partial charge is 0.240 e. The van der Waals surface area contributed by atoms with Crippen molar-refractivity contribution in [3.8, 4) is 0 Å². The molecule has 0 aliphatic carbocycles. The van der Waals surface area contributed by atoms with Crippen LogP contribution in [-0.4, -0.2) is 27.5 Å². The monoisotopic (exact) mass is 296 g/mol. The van der Waals surface area contributed by atoms with Crippen LogP contribution in [0.2, 0.25) is 0 Å². The van der Waals surface area contributed by atoms with E-state index < -0.39 is 10.0 Å². The zero-order valence-electron chi connectivity index (χ0n) is 12.4. The molecule has 1 fully saturated rings. The van der Waals surface area contributed by atoms with Gasteiger partial charge in [0.05, 0.1) is 4.90 Å². The van der Waals surface area contributed by atoms with E-state index in [0.717, 1.165) is 37.1 Å². The molecule has 1 aromatic rings. The molecule has 1 saturated heterocycles. The fraction of sp³-hybridized carbons (Fsp3) is 0.600. The molecule has 1 heterocycles. The summed E-state index contributed by atoms with van der Waals surface area (Å²) >= 11 is 0. The van der Waals surface area contributed by atoms with Gasteiger partial charge in [-0.05, 0) is 75.9 Å². The van der Waals surface area contributed by atoms with E-state index >= 15 is 0 Å². The molecular formula is C15H24N2O2S. The maximum atomic E-state index is 12.5. The Morgan fingerprint density at radius 2 is 1.90 bits per heavy atom. The van der Waals surface area contributed by atoms with Crippen molar-refractivity contribution in [2.24, 2.45) is 5.92 Å². The molecule has 2 N–H and O–H groups in total. The highest BCUT2D eigenvalue weighted by atomic mass is 32.2. The van der Waals surface area contributed by atoms with Crippen molar-refractivity contribution >= 4 is 10.0 Å². The van der Waals surface area contributed by atoms with E-state index in [9.17, 15) is 8.42 Å². The first-order valence-electron chi connectivity index (χ1n) is 7.20. The second-order valence-electron chi connectivity index (χ2n) is 5.84. The molecule has 1 aromatic carbocycles. The highest BCUT2D eigenvalue weighted by Crippen LogP contribution is 2.18. The van der Waals surface area contributed by atoms with Crippen molar-refractivity contribution in [2.75, 3.05) is 13.1 Å². The largest absolute Gasteiger partial charge is 0.316 e. The zero-order valence-corrected chi connectivity index (χ0v) is 13.3. The fourth-order valence-corrected chi connectivity index (χ4v) is 4.30. The summed E-state index contributed by atoms with van der Waals surface area (Å²) in [6.07, 6.45) is 2.18. The molecule has 0 saturated carbocycles. The zero-order chi connectivity index (χ0) is 14.8. The van der Waals surface area contributed by atoms with Crippen molar-refractivity contribution < 1.29 is 8.42 Å². The van der Waals surface area contributed by atoms with Gasteiger partial charge in [-0.2, -0.15) is 0 Å². The lowest BCUT2D eigenvalue weighted by Gasteiger charge is -2.28. The van der Waals surface area contributed by atoms with Crippen molar-refractivity contribution in [1.82, 2.24) is 10.0 Å². The normalized spacial score (nSPS) is 21.6. The Kier molecular flexibility index (Phi) is 4.83. The van der Waals surface area contributed by atoms with Gasteiger partial charge >= 0.3 is 0 Å². The fourth-order valence-electron chi connectivity index (χ4n) is 2.80. The summed E-state index contributed by atoms with van der Waals surface area (Å²) < 4.78 is 27.7. The van der Waals surface area contributed by atoms with Crippen molar-refractivity contribution in [2.45, 2.75) is 44.6 Å². The maximum Gasteiger partial charge on any atom is 0.240 e. The molecule has 4 nitrogen and oxygen atoms in total. The van der Waals surface area contributed by atoms with Crippen molar-refractivity contribution in [3.63, 3.8) is 0 Å². The lowest BCUT2D eigenvalue weighted by molar-refractivity contribution is 0.320. The molecule has 0 radical (unpaired) electrons. The summed E-state index contributed by atoms with van der Waals surface area (Å²) in [5.41, 5.74) is 1.94. The number of benzene rings is 1. The Bertz CT molecular complexity index is 543. The summed E-state index contributed by atoms with van der Waals surface area (Å²) in [4.78, 5) is 0.366. The average Bonchev–Trinajstić information content (AvgIpc) is 2.38. The maximum absolute atomic E-state index is 12.5. The highest BCUT2D eigenvalue weighted by molar-refractivity contribution is 7.89. The quantitative estimate of drug-likeness (QED) is 0.893. The average molecular weight is 296 g/mol. The number of rotatable bonds is 4. The van der Waals surface area contributed by atoms with Gasteiger partial charge in [0.2, 0.25) is 10.0 Å². The molecule has 2 atom stereocenters. The Labute approximate surface area is 122 Å². The van der Waals surface area contributed by atoms with Crippen molar-refractivity contribution in [1.29, 1.82) is 0 Å². The number of aryl methyl sites for hydroxylation is 2. The van der Waals surface area contributed by atoms with Crippen LogP contribution >= 0.6 is 0 Å². The highest BCUT2D eigenvalue weighted by Gasteiger charge is 2.25. The van der Waals surface area contributed by atoms with Crippen LogP contribution in [0.25, 0.3) is 0 Å². The van der Waals surface area contributed by atoms with Crippen LogP contribution in [0, 0.1) is 19.8 Å². The van der Waals surface area contributed by atoms with Crippen LogP contribution in [-0.2, 0) is 10.0 Å². The standard InChI is InChI=1S/C15H24N2O2S/c1-11-7-12(2)9-15(8-11)20(18,19)17-13(3)14-5-4-6-16-10-14/h7-9,13-14,16-17H,4-6,10H2,1-3H3. The van der Waals surface area contributed by atoms with Gasteiger partial charge in [0, 0.05) is 6.04 Å². The van der Waals surface area contributed by atoms with E-state index in [2.05, 4.69) is 10.0 Å². The predicted octanol–water partition coefficient (Wildman–Crippen LogP) is 1.97. The summed E-state index contributed by atoms with van der Waals surface area (Å²) in [5, 5.41) is 3.32. The number of sulfonamides is 1. The third kappa shape index (κ3) is 3.81. The van der Waals surface area contributed by atoms with Gasteiger partial charge in [-0.3, -0.25) is 0 Å². The SMILES string of the molecule is Cc1cc(C)cc(S(=O)(=O)NC(C)C2CCCNC2)c1. The molecule has 2 rings (SSSR count). The number of piperidine rings is 1. The van der Waals surface area contributed by atoms with Gasteiger partial charge in [0.25, 0.3) is 0 Å². The van der Waals surface area contributed by atoms with E-state index in [1.54, 1.807) is 12.1 Å². The van der Waals surface area contributed by atoms with E-state index in [4.69, 9.17) is 0 Å². The van der Waals surface area contributed by atoms with Crippen LogP contribution in [0.1, 0.15) is 30.9 Å². The Morgan fingerprint density at radius 3 is 2.45 bits per heavy atom. The molecule has 0 amide bonds. The van der Waals surface area contributed by atoms with E-state index in [1.165, 1.54) is 0 Å². The van der Waals surface area contributed by atoms with Crippen LogP contribution in [0.5, 0.6) is 0 Å². The molecule has 0 spiro atoms. The van der Waals surface area contributed by atoms with Crippen LogP contribution in [0.3, 0.4) is 0 Å². The molecule has 1 aliphatic rings. The van der Waals surface area contributed by atoms with E-state index in [1.807, 2.05) is 26.8 Å². The summed E-state index contributed by atoms with van der Waals surface area (Å²) in [6, 6.07) is 5.38. The molecule has 20 heavy (non-hydrogen) atoms. The number of hydrogen-bond donors (Lipinski definition) is 2. The Hall–Kier alpha value is -0.910. The van der Waals surface area contributed by atoms with Gasteiger partial charge in [-0.1, -0.05) is 6.07 Å². The van der Waals surface area contributed by atoms with Crippen LogP contribution in [0.15, 0.2) is 23.1 Å². The minimum absolute atomic E-state index is 0.0476. The number of hydrogen-bond acceptors (Lipinski definition) is 3. The first-order chi connectivity index (χ1) is 9.38. The number of nitrogens with one attached hydrogen (secondary N) is 2. The second-order valence-corrected chi connectivity index (χ2v) is 7.55. The molecule has 112 valence electrons. The summed E-state index contributed by atoms with van der Waals surface area (Å²) in [6.45, 7) is 7.71. The molecule has 0 aromatic heterocycles. The van der Waals surface area contributed by atoms with Crippen molar-refractivity contribution in [3.05, 3.63) is 29.3 Å².